The molecule has 0 saturated heterocycles. The fourth-order valence-corrected chi connectivity index (χ4v) is 3.54. The SMILES string of the molecule is CSc1ccc(C=C(C(=O)Nc2ccc(C)c(C)c2)C(=O)Nc2ccc(C)c(C)c2)cc1. The highest BCUT2D eigenvalue weighted by Gasteiger charge is 2.19. The summed E-state index contributed by atoms with van der Waals surface area (Å²) in [7, 11) is 0. The summed E-state index contributed by atoms with van der Waals surface area (Å²) in [6.45, 7) is 8.01. The highest BCUT2D eigenvalue weighted by Crippen LogP contribution is 2.20. The van der Waals surface area contributed by atoms with Crippen molar-refractivity contribution in [3.63, 3.8) is 0 Å². The molecule has 0 bridgehead atoms. The van der Waals surface area contributed by atoms with Crippen LogP contribution in [0.1, 0.15) is 27.8 Å². The highest BCUT2D eigenvalue weighted by atomic mass is 32.2. The van der Waals surface area contributed by atoms with Crippen molar-refractivity contribution < 1.29 is 9.59 Å². The summed E-state index contributed by atoms with van der Waals surface area (Å²) in [4.78, 5) is 27.4. The van der Waals surface area contributed by atoms with Crippen LogP contribution in [-0.2, 0) is 9.59 Å². The van der Waals surface area contributed by atoms with Crippen LogP contribution in [-0.4, -0.2) is 18.1 Å². The first kappa shape index (κ1) is 23.4. The van der Waals surface area contributed by atoms with Gasteiger partial charge in [0.1, 0.15) is 5.57 Å². The smallest absolute Gasteiger partial charge is 0.261 e. The molecule has 0 aromatic heterocycles. The highest BCUT2D eigenvalue weighted by molar-refractivity contribution is 7.98. The van der Waals surface area contributed by atoms with E-state index in [0.717, 1.165) is 32.7 Å². The standard InChI is InChI=1S/C27H28N2O2S/c1-17-6-10-22(14-19(17)3)28-26(30)25(16-21-8-12-24(32-5)13-9-21)27(31)29-23-11-7-18(2)20(4)15-23/h6-16H,1-5H3,(H,28,30)(H,29,31). The van der Waals surface area contributed by atoms with Crippen molar-refractivity contribution in [2.24, 2.45) is 0 Å². The minimum Gasteiger partial charge on any atom is -0.322 e. The molecule has 0 fully saturated rings. The lowest BCUT2D eigenvalue weighted by Gasteiger charge is -2.12. The molecule has 0 atom stereocenters. The van der Waals surface area contributed by atoms with Crippen molar-refractivity contribution >= 4 is 41.0 Å². The van der Waals surface area contributed by atoms with Gasteiger partial charge in [0.05, 0.1) is 0 Å². The molecule has 5 heteroatoms. The zero-order valence-corrected chi connectivity index (χ0v) is 19.9. The van der Waals surface area contributed by atoms with Gasteiger partial charge in [-0.15, -0.1) is 11.8 Å². The number of thioether (sulfide) groups is 1. The van der Waals surface area contributed by atoms with E-state index >= 15 is 0 Å². The average molecular weight is 445 g/mol. The topological polar surface area (TPSA) is 58.2 Å². The number of anilines is 2. The molecule has 0 aliphatic heterocycles. The summed E-state index contributed by atoms with van der Waals surface area (Å²) in [6.07, 6.45) is 3.63. The van der Waals surface area contributed by atoms with Crippen LogP contribution >= 0.6 is 11.8 Å². The van der Waals surface area contributed by atoms with Gasteiger partial charge >= 0.3 is 0 Å². The van der Waals surface area contributed by atoms with Crippen molar-refractivity contribution in [1.29, 1.82) is 0 Å². The fourth-order valence-electron chi connectivity index (χ4n) is 3.14. The van der Waals surface area contributed by atoms with Crippen LogP contribution in [0, 0.1) is 27.7 Å². The van der Waals surface area contributed by atoms with Gasteiger partial charge in [0.15, 0.2) is 0 Å². The third kappa shape index (κ3) is 5.89. The molecule has 3 aromatic carbocycles. The molecule has 0 radical (unpaired) electrons. The predicted octanol–water partition coefficient (Wildman–Crippen LogP) is 6.30. The van der Waals surface area contributed by atoms with E-state index in [1.54, 1.807) is 17.8 Å². The average Bonchev–Trinajstić information content (AvgIpc) is 2.77. The second-order valence-electron chi connectivity index (χ2n) is 7.84. The van der Waals surface area contributed by atoms with E-state index in [9.17, 15) is 9.59 Å². The van der Waals surface area contributed by atoms with Gasteiger partial charge in [0.2, 0.25) is 0 Å². The Labute approximate surface area is 194 Å². The van der Waals surface area contributed by atoms with Gasteiger partial charge in [-0.3, -0.25) is 9.59 Å². The zero-order chi connectivity index (χ0) is 23.3. The Kier molecular flexibility index (Phi) is 7.54. The number of benzene rings is 3. The summed E-state index contributed by atoms with van der Waals surface area (Å²) in [5.41, 5.74) is 6.55. The molecule has 0 heterocycles. The van der Waals surface area contributed by atoms with E-state index in [0.29, 0.717) is 11.4 Å². The van der Waals surface area contributed by atoms with Gasteiger partial charge < -0.3 is 10.6 Å². The number of amides is 2. The fraction of sp³-hybridized carbons (Fsp3) is 0.185. The molecule has 164 valence electrons. The molecule has 2 N–H and O–H groups in total. The van der Waals surface area contributed by atoms with Gasteiger partial charge in [0, 0.05) is 16.3 Å². The normalized spacial score (nSPS) is 10.4. The number of nitrogens with one attached hydrogen (secondary N) is 2. The van der Waals surface area contributed by atoms with Crippen LogP contribution in [0.5, 0.6) is 0 Å². The van der Waals surface area contributed by atoms with Crippen molar-refractivity contribution in [2.75, 3.05) is 16.9 Å². The number of rotatable bonds is 6. The number of carbonyl (C=O) groups is 2. The molecule has 32 heavy (non-hydrogen) atoms. The molecule has 2 amide bonds. The molecule has 0 aliphatic carbocycles. The van der Waals surface area contributed by atoms with E-state index < -0.39 is 11.8 Å². The van der Waals surface area contributed by atoms with E-state index in [4.69, 9.17) is 0 Å². The Morgan fingerprint density at radius 2 is 1.16 bits per heavy atom. The van der Waals surface area contributed by atoms with E-state index in [1.165, 1.54) is 0 Å². The van der Waals surface area contributed by atoms with E-state index in [-0.39, 0.29) is 5.57 Å². The summed E-state index contributed by atoms with van der Waals surface area (Å²) in [5.74, 6) is -0.910. The monoisotopic (exact) mass is 444 g/mol. The second kappa shape index (κ2) is 10.3. The van der Waals surface area contributed by atoms with Crippen LogP contribution in [0.4, 0.5) is 11.4 Å². The van der Waals surface area contributed by atoms with Gasteiger partial charge in [0.25, 0.3) is 11.8 Å². The molecule has 0 unspecified atom stereocenters. The minimum absolute atomic E-state index is 0.0401. The predicted molar refractivity (Wildman–Crippen MR) is 135 cm³/mol. The van der Waals surface area contributed by atoms with Gasteiger partial charge in [-0.1, -0.05) is 24.3 Å². The maximum Gasteiger partial charge on any atom is 0.261 e. The zero-order valence-electron chi connectivity index (χ0n) is 19.1. The summed E-state index contributed by atoms with van der Waals surface area (Å²) >= 11 is 1.64. The molecule has 3 rings (SSSR count). The lowest BCUT2D eigenvalue weighted by atomic mass is 10.1. The third-order valence-corrected chi connectivity index (χ3v) is 6.19. The number of hydrogen-bond acceptors (Lipinski definition) is 3. The summed E-state index contributed by atoms with van der Waals surface area (Å²) < 4.78 is 0. The summed E-state index contributed by atoms with van der Waals surface area (Å²) in [5, 5.41) is 5.74. The van der Waals surface area contributed by atoms with Crippen molar-refractivity contribution in [3.8, 4) is 0 Å². The van der Waals surface area contributed by atoms with Crippen molar-refractivity contribution in [3.05, 3.63) is 94.1 Å². The Morgan fingerprint density at radius 1 is 0.688 bits per heavy atom. The van der Waals surface area contributed by atoms with Crippen LogP contribution in [0.15, 0.2) is 71.1 Å². The molecule has 0 spiro atoms. The Morgan fingerprint density at radius 3 is 1.56 bits per heavy atom. The maximum absolute atomic E-state index is 13.1. The molecular formula is C27H28N2O2S. The summed E-state index contributed by atoms with van der Waals surface area (Å²) in [6, 6.07) is 19.1. The first-order valence-corrected chi connectivity index (χ1v) is 11.6. The van der Waals surface area contributed by atoms with Crippen molar-refractivity contribution in [1.82, 2.24) is 0 Å². The first-order chi connectivity index (χ1) is 15.3. The molecule has 0 saturated carbocycles. The largest absolute Gasteiger partial charge is 0.322 e. The number of carbonyl (C=O) groups excluding carboxylic acids is 2. The minimum atomic E-state index is -0.455. The van der Waals surface area contributed by atoms with Crippen LogP contribution in [0.3, 0.4) is 0 Å². The third-order valence-electron chi connectivity index (χ3n) is 5.45. The van der Waals surface area contributed by atoms with Crippen LogP contribution in [0.25, 0.3) is 6.08 Å². The van der Waals surface area contributed by atoms with E-state index in [1.807, 2.05) is 94.6 Å². The molecule has 4 nitrogen and oxygen atoms in total. The molecule has 3 aromatic rings. The van der Waals surface area contributed by atoms with Gasteiger partial charge in [-0.2, -0.15) is 0 Å². The maximum atomic E-state index is 13.1. The number of aryl methyl sites for hydroxylation is 4. The van der Waals surface area contributed by atoms with Crippen LogP contribution < -0.4 is 10.6 Å². The van der Waals surface area contributed by atoms with Gasteiger partial charge in [-0.25, -0.2) is 0 Å². The van der Waals surface area contributed by atoms with Crippen LogP contribution in [0.2, 0.25) is 0 Å². The number of hydrogen-bond donors (Lipinski definition) is 2. The first-order valence-electron chi connectivity index (χ1n) is 10.4. The quantitative estimate of drug-likeness (QED) is 0.203. The lowest BCUT2D eigenvalue weighted by Crippen LogP contribution is -2.25. The van der Waals surface area contributed by atoms with Crippen molar-refractivity contribution in [2.45, 2.75) is 32.6 Å². The molecular weight excluding hydrogens is 416 g/mol. The Balaban J connectivity index is 1.92. The molecule has 0 aliphatic rings. The Hall–Kier alpha value is -3.31. The lowest BCUT2D eigenvalue weighted by molar-refractivity contribution is -0.118. The van der Waals surface area contributed by atoms with Gasteiger partial charge in [-0.05, 0) is 104 Å². The second-order valence-corrected chi connectivity index (χ2v) is 8.72. The van der Waals surface area contributed by atoms with E-state index in [2.05, 4.69) is 10.6 Å². The Bertz CT molecular complexity index is 1110.